The van der Waals surface area contributed by atoms with Gasteiger partial charge in [0.2, 0.25) is 5.88 Å². The summed E-state index contributed by atoms with van der Waals surface area (Å²) < 4.78 is 7.38. The second-order valence-corrected chi connectivity index (χ2v) is 4.89. The molecule has 2 rings (SSSR count). The lowest BCUT2D eigenvalue weighted by Gasteiger charge is -2.10. The number of rotatable bonds is 6. The van der Waals surface area contributed by atoms with Gasteiger partial charge in [0.25, 0.3) is 0 Å². The van der Waals surface area contributed by atoms with Crippen LogP contribution >= 0.6 is 0 Å². The zero-order valence-corrected chi connectivity index (χ0v) is 12.4. The molecule has 0 unspecified atom stereocenters. The maximum absolute atomic E-state index is 5.55. The highest BCUT2D eigenvalue weighted by Crippen LogP contribution is 2.14. The van der Waals surface area contributed by atoms with Crippen molar-refractivity contribution in [1.82, 2.24) is 19.7 Å². The summed E-state index contributed by atoms with van der Waals surface area (Å²) in [7, 11) is 1.93. The van der Waals surface area contributed by atoms with Crippen LogP contribution in [0.2, 0.25) is 0 Å². The van der Waals surface area contributed by atoms with Crippen LogP contribution in [-0.2, 0) is 20.0 Å². The van der Waals surface area contributed by atoms with E-state index in [1.807, 2.05) is 37.8 Å². The molecule has 20 heavy (non-hydrogen) atoms. The highest BCUT2D eigenvalue weighted by atomic mass is 16.5. The van der Waals surface area contributed by atoms with Crippen LogP contribution in [0.4, 0.5) is 5.82 Å². The van der Waals surface area contributed by atoms with Gasteiger partial charge in [0.1, 0.15) is 12.1 Å². The van der Waals surface area contributed by atoms with Crippen LogP contribution in [0.1, 0.15) is 32.0 Å². The van der Waals surface area contributed by atoms with E-state index >= 15 is 0 Å². The van der Waals surface area contributed by atoms with Gasteiger partial charge in [-0.15, -0.1) is 0 Å². The lowest BCUT2D eigenvalue weighted by Crippen LogP contribution is -2.08. The van der Waals surface area contributed by atoms with E-state index in [9.17, 15) is 0 Å². The van der Waals surface area contributed by atoms with E-state index in [4.69, 9.17) is 4.74 Å². The van der Waals surface area contributed by atoms with Crippen molar-refractivity contribution in [2.45, 2.75) is 39.8 Å². The van der Waals surface area contributed by atoms with Crippen molar-refractivity contribution >= 4 is 5.82 Å². The summed E-state index contributed by atoms with van der Waals surface area (Å²) >= 11 is 0. The van der Waals surface area contributed by atoms with Gasteiger partial charge >= 0.3 is 0 Å². The molecule has 0 spiro atoms. The Balaban J connectivity index is 2.03. The SMILES string of the molecule is CCc1nn(C)cc1CNc1cc(OC(C)C)ncn1. The molecule has 0 atom stereocenters. The topological polar surface area (TPSA) is 64.9 Å². The fraction of sp³-hybridized carbons (Fsp3) is 0.500. The Bertz CT molecular complexity index is 564. The summed E-state index contributed by atoms with van der Waals surface area (Å²) in [5, 5.41) is 7.70. The van der Waals surface area contributed by atoms with Gasteiger partial charge in [-0.25, -0.2) is 9.97 Å². The lowest BCUT2D eigenvalue weighted by molar-refractivity contribution is 0.232. The first-order chi connectivity index (χ1) is 9.58. The van der Waals surface area contributed by atoms with E-state index in [0.717, 1.165) is 17.9 Å². The molecule has 6 nitrogen and oxygen atoms in total. The van der Waals surface area contributed by atoms with Gasteiger partial charge in [-0.3, -0.25) is 4.68 Å². The molecular formula is C14H21N5O. The molecule has 1 N–H and O–H groups in total. The number of nitrogens with one attached hydrogen (secondary N) is 1. The second-order valence-electron chi connectivity index (χ2n) is 4.89. The Labute approximate surface area is 119 Å². The zero-order chi connectivity index (χ0) is 14.5. The molecule has 0 aliphatic heterocycles. The molecule has 0 fully saturated rings. The first-order valence-electron chi connectivity index (χ1n) is 6.82. The van der Waals surface area contributed by atoms with E-state index in [-0.39, 0.29) is 6.10 Å². The van der Waals surface area contributed by atoms with E-state index in [0.29, 0.717) is 12.4 Å². The number of aryl methyl sites for hydroxylation is 2. The molecule has 6 heteroatoms. The van der Waals surface area contributed by atoms with E-state index < -0.39 is 0 Å². The van der Waals surface area contributed by atoms with Crippen molar-refractivity contribution in [3.05, 3.63) is 29.8 Å². The predicted octanol–water partition coefficient (Wildman–Crippen LogP) is 2.17. The van der Waals surface area contributed by atoms with Crippen molar-refractivity contribution in [3.8, 4) is 5.88 Å². The molecule has 0 bridgehead atoms. The van der Waals surface area contributed by atoms with Gasteiger partial charge in [0.15, 0.2) is 0 Å². The third-order valence-corrected chi connectivity index (χ3v) is 2.79. The van der Waals surface area contributed by atoms with Gasteiger partial charge in [0.05, 0.1) is 11.8 Å². The molecule has 0 radical (unpaired) electrons. The Morgan fingerprint density at radius 2 is 2.15 bits per heavy atom. The minimum Gasteiger partial charge on any atom is -0.475 e. The van der Waals surface area contributed by atoms with Gasteiger partial charge in [-0.05, 0) is 20.3 Å². The third-order valence-electron chi connectivity index (χ3n) is 2.79. The summed E-state index contributed by atoms with van der Waals surface area (Å²) in [6, 6.07) is 1.81. The number of aromatic nitrogens is 4. The number of hydrogen-bond donors (Lipinski definition) is 1. The maximum atomic E-state index is 5.55. The molecule has 0 saturated carbocycles. The highest BCUT2D eigenvalue weighted by Gasteiger charge is 2.07. The molecule has 0 aliphatic carbocycles. The molecule has 0 saturated heterocycles. The summed E-state index contributed by atoms with van der Waals surface area (Å²) in [6.07, 6.45) is 4.55. The quantitative estimate of drug-likeness (QED) is 0.875. The van der Waals surface area contributed by atoms with Crippen molar-refractivity contribution in [2.24, 2.45) is 7.05 Å². The molecule has 2 aromatic heterocycles. The van der Waals surface area contributed by atoms with Crippen molar-refractivity contribution in [2.75, 3.05) is 5.32 Å². The van der Waals surface area contributed by atoms with Crippen molar-refractivity contribution < 1.29 is 4.74 Å². The van der Waals surface area contributed by atoms with Crippen molar-refractivity contribution in [3.63, 3.8) is 0 Å². The highest BCUT2D eigenvalue weighted by molar-refractivity contribution is 5.38. The van der Waals surface area contributed by atoms with Crippen LogP contribution in [0.15, 0.2) is 18.6 Å². The normalized spacial score (nSPS) is 10.8. The van der Waals surface area contributed by atoms with E-state index in [2.05, 4.69) is 27.3 Å². The zero-order valence-electron chi connectivity index (χ0n) is 12.4. The Kier molecular flexibility index (Phi) is 4.55. The molecule has 0 aliphatic rings. The average Bonchev–Trinajstić information content (AvgIpc) is 2.76. The molecule has 2 heterocycles. The fourth-order valence-corrected chi connectivity index (χ4v) is 1.96. The Hall–Kier alpha value is -2.11. The molecule has 108 valence electrons. The maximum Gasteiger partial charge on any atom is 0.218 e. The fourth-order valence-electron chi connectivity index (χ4n) is 1.96. The van der Waals surface area contributed by atoms with Crippen LogP contribution in [-0.4, -0.2) is 25.9 Å². The summed E-state index contributed by atoms with van der Waals surface area (Å²) in [5.41, 5.74) is 2.28. The monoisotopic (exact) mass is 275 g/mol. The standard InChI is InChI=1S/C14H21N5O/c1-5-12-11(8-19(4)18-12)7-15-13-6-14(17-9-16-13)20-10(2)3/h6,8-10H,5,7H2,1-4H3,(H,15,16,17). The second kappa shape index (κ2) is 6.36. The van der Waals surface area contributed by atoms with Gasteiger partial charge in [-0.2, -0.15) is 5.10 Å². The number of ether oxygens (including phenoxy) is 1. The number of hydrogen-bond acceptors (Lipinski definition) is 5. The average molecular weight is 275 g/mol. The molecular weight excluding hydrogens is 254 g/mol. The van der Waals surface area contributed by atoms with Crippen LogP contribution < -0.4 is 10.1 Å². The van der Waals surface area contributed by atoms with Gasteiger partial charge in [-0.1, -0.05) is 6.92 Å². The number of anilines is 1. The summed E-state index contributed by atoms with van der Waals surface area (Å²) in [6.45, 7) is 6.73. The van der Waals surface area contributed by atoms with Crippen LogP contribution in [0.5, 0.6) is 5.88 Å². The van der Waals surface area contributed by atoms with E-state index in [1.165, 1.54) is 11.9 Å². The van der Waals surface area contributed by atoms with Crippen LogP contribution in [0.3, 0.4) is 0 Å². The van der Waals surface area contributed by atoms with Crippen LogP contribution in [0.25, 0.3) is 0 Å². The first-order valence-corrected chi connectivity index (χ1v) is 6.82. The van der Waals surface area contributed by atoms with Crippen LogP contribution in [0, 0.1) is 0 Å². The number of nitrogens with zero attached hydrogens (tertiary/aromatic N) is 4. The Morgan fingerprint density at radius 1 is 1.35 bits per heavy atom. The van der Waals surface area contributed by atoms with Crippen molar-refractivity contribution in [1.29, 1.82) is 0 Å². The molecule has 0 amide bonds. The third kappa shape index (κ3) is 3.69. The Morgan fingerprint density at radius 3 is 2.85 bits per heavy atom. The largest absolute Gasteiger partial charge is 0.475 e. The van der Waals surface area contributed by atoms with Gasteiger partial charge < -0.3 is 10.1 Å². The van der Waals surface area contributed by atoms with Gasteiger partial charge in [0, 0.05) is 31.4 Å². The predicted molar refractivity (Wildman–Crippen MR) is 77.7 cm³/mol. The van der Waals surface area contributed by atoms with E-state index in [1.54, 1.807) is 0 Å². The molecule has 2 aromatic rings. The minimum absolute atomic E-state index is 0.0998. The minimum atomic E-state index is 0.0998. The smallest absolute Gasteiger partial charge is 0.218 e. The lowest BCUT2D eigenvalue weighted by atomic mass is 10.2. The molecule has 0 aromatic carbocycles. The summed E-state index contributed by atoms with van der Waals surface area (Å²) in [5.74, 6) is 1.33. The summed E-state index contributed by atoms with van der Waals surface area (Å²) in [4.78, 5) is 8.28. The first kappa shape index (κ1) is 14.3.